The summed E-state index contributed by atoms with van der Waals surface area (Å²) < 4.78 is 26.5. The second-order valence-electron chi connectivity index (χ2n) is 4.85. The number of sulfonamides is 1. The van der Waals surface area contributed by atoms with Crippen LogP contribution < -0.4 is 5.32 Å². The Morgan fingerprint density at radius 1 is 1.43 bits per heavy atom. The molecule has 8 heteroatoms. The zero-order chi connectivity index (χ0) is 16.2. The summed E-state index contributed by atoms with van der Waals surface area (Å²) in [6, 6.07) is 3.75. The van der Waals surface area contributed by atoms with Gasteiger partial charge in [0.1, 0.15) is 0 Å². The van der Waals surface area contributed by atoms with E-state index in [0.29, 0.717) is 12.1 Å². The van der Waals surface area contributed by atoms with Gasteiger partial charge in [0.25, 0.3) is 5.69 Å². The quantitative estimate of drug-likeness (QED) is 0.616. The van der Waals surface area contributed by atoms with Crippen LogP contribution in [0.15, 0.2) is 23.1 Å². The van der Waals surface area contributed by atoms with Crippen molar-refractivity contribution in [3.8, 4) is 0 Å². The summed E-state index contributed by atoms with van der Waals surface area (Å²) in [7, 11) is -0.841. The van der Waals surface area contributed by atoms with Crippen LogP contribution in [0.2, 0.25) is 0 Å². The van der Waals surface area contributed by atoms with Gasteiger partial charge in [-0.25, -0.2) is 8.42 Å². The molecule has 1 N–H and O–H groups in total. The summed E-state index contributed by atoms with van der Waals surface area (Å²) >= 11 is 0. The van der Waals surface area contributed by atoms with E-state index in [1.807, 2.05) is 6.92 Å². The first-order valence-corrected chi connectivity index (χ1v) is 8.14. The Labute approximate surface area is 125 Å². The highest BCUT2D eigenvalue weighted by Gasteiger charge is 2.32. The highest BCUT2D eigenvalue weighted by Crippen LogP contribution is 2.30. The molecule has 0 saturated carbocycles. The average Bonchev–Trinajstić information content (AvgIpc) is 2.45. The van der Waals surface area contributed by atoms with Crippen LogP contribution in [0.3, 0.4) is 0 Å². The fraction of sp³-hybridized carbons (Fsp3) is 0.538. The Morgan fingerprint density at radius 3 is 2.52 bits per heavy atom. The van der Waals surface area contributed by atoms with Crippen molar-refractivity contribution in [1.29, 1.82) is 0 Å². The molecule has 0 heterocycles. The van der Waals surface area contributed by atoms with Crippen molar-refractivity contribution in [2.24, 2.45) is 0 Å². The summed E-state index contributed by atoms with van der Waals surface area (Å²) in [6.45, 7) is 3.75. The lowest BCUT2D eigenvalue weighted by Crippen LogP contribution is -2.35. The van der Waals surface area contributed by atoms with Crippen molar-refractivity contribution in [3.63, 3.8) is 0 Å². The number of rotatable bonds is 7. The third kappa shape index (κ3) is 3.70. The van der Waals surface area contributed by atoms with Crippen LogP contribution in [-0.4, -0.2) is 37.8 Å². The van der Waals surface area contributed by atoms with E-state index in [2.05, 4.69) is 5.32 Å². The van der Waals surface area contributed by atoms with Gasteiger partial charge < -0.3 is 5.32 Å². The topological polar surface area (TPSA) is 92.6 Å². The maximum absolute atomic E-state index is 12.6. The molecule has 118 valence electrons. The van der Waals surface area contributed by atoms with Gasteiger partial charge in [-0.05, 0) is 25.5 Å². The van der Waals surface area contributed by atoms with Gasteiger partial charge in [-0.1, -0.05) is 13.3 Å². The minimum atomic E-state index is -3.92. The maximum atomic E-state index is 12.6. The molecule has 0 aliphatic rings. The van der Waals surface area contributed by atoms with Gasteiger partial charge in [-0.15, -0.1) is 0 Å². The summed E-state index contributed by atoms with van der Waals surface area (Å²) in [5.74, 6) is 0. The molecule has 0 amide bonds. The SMILES string of the molecule is CCCC(C)N(C)S(=O)(=O)c1cc(NC)ccc1[N+](=O)[O-]. The lowest BCUT2D eigenvalue weighted by molar-refractivity contribution is -0.387. The van der Waals surface area contributed by atoms with E-state index in [4.69, 9.17) is 0 Å². The van der Waals surface area contributed by atoms with Gasteiger partial charge in [0.15, 0.2) is 4.90 Å². The summed E-state index contributed by atoms with van der Waals surface area (Å²) in [4.78, 5) is 10.1. The molecule has 0 fully saturated rings. The van der Waals surface area contributed by atoms with Crippen molar-refractivity contribution in [1.82, 2.24) is 4.31 Å². The van der Waals surface area contributed by atoms with E-state index in [1.165, 1.54) is 29.6 Å². The molecule has 7 nitrogen and oxygen atoms in total. The number of nitrogens with one attached hydrogen (secondary N) is 1. The Balaban J connectivity index is 3.38. The number of anilines is 1. The molecule has 1 unspecified atom stereocenters. The second-order valence-corrected chi connectivity index (χ2v) is 6.81. The molecule has 0 saturated heterocycles. The Hall–Kier alpha value is -1.67. The van der Waals surface area contributed by atoms with Gasteiger partial charge in [0, 0.05) is 31.9 Å². The van der Waals surface area contributed by atoms with Gasteiger partial charge >= 0.3 is 0 Å². The zero-order valence-electron chi connectivity index (χ0n) is 12.7. The van der Waals surface area contributed by atoms with E-state index in [-0.39, 0.29) is 10.9 Å². The molecule has 0 bridgehead atoms. The molecule has 1 aromatic rings. The van der Waals surface area contributed by atoms with E-state index in [1.54, 1.807) is 14.0 Å². The number of nitrogens with zero attached hydrogens (tertiary/aromatic N) is 2. The largest absolute Gasteiger partial charge is 0.388 e. The van der Waals surface area contributed by atoms with Crippen LogP contribution in [0.1, 0.15) is 26.7 Å². The average molecular weight is 315 g/mol. The minimum absolute atomic E-state index is 0.224. The third-order valence-electron chi connectivity index (χ3n) is 3.43. The van der Waals surface area contributed by atoms with Gasteiger partial charge in [0.05, 0.1) is 4.92 Å². The van der Waals surface area contributed by atoms with Crippen molar-refractivity contribution in [2.75, 3.05) is 19.4 Å². The molecular weight excluding hydrogens is 294 g/mol. The molecular formula is C13H21N3O4S. The minimum Gasteiger partial charge on any atom is -0.388 e. The van der Waals surface area contributed by atoms with Crippen LogP contribution in [0.25, 0.3) is 0 Å². The molecule has 21 heavy (non-hydrogen) atoms. The monoisotopic (exact) mass is 315 g/mol. The van der Waals surface area contributed by atoms with Crippen LogP contribution in [-0.2, 0) is 10.0 Å². The zero-order valence-corrected chi connectivity index (χ0v) is 13.5. The Kier molecular flexibility index (Phi) is 5.68. The van der Waals surface area contributed by atoms with E-state index in [0.717, 1.165) is 6.42 Å². The first-order chi connectivity index (χ1) is 9.75. The van der Waals surface area contributed by atoms with E-state index < -0.39 is 20.6 Å². The first kappa shape index (κ1) is 17.4. The lowest BCUT2D eigenvalue weighted by atomic mass is 10.2. The molecule has 0 spiro atoms. The van der Waals surface area contributed by atoms with Crippen molar-refractivity contribution in [2.45, 2.75) is 37.6 Å². The molecule has 0 aliphatic carbocycles. The number of nitro groups is 1. The smallest absolute Gasteiger partial charge is 0.289 e. The van der Waals surface area contributed by atoms with Crippen LogP contribution in [0.5, 0.6) is 0 Å². The van der Waals surface area contributed by atoms with Crippen molar-refractivity contribution < 1.29 is 13.3 Å². The highest BCUT2D eigenvalue weighted by molar-refractivity contribution is 7.89. The molecule has 0 aliphatic heterocycles. The number of hydrogen-bond acceptors (Lipinski definition) is 5. The Bertz CT molecular complexity index is 616. The van der Waals surface area contributed by atoms with Crippen LogP contribution in [0, 0.1) is 10.1 Å². The molecule has 1 aromatic carbocycles. The van der Waals surface area contributed by atoms with Crippen LogP contribution in [0.4, 0.5) is 11.4 Å². The molecule has 1 atom stereocenters. The van der Waals surface area contributed by atoms with Gasteiger partial charge in [-0.3, -0.25) is 10.1 Å². The van der Waals surface area contributed by atoms with Crippen molar-refractivity contribution in [3.05, 3.63) is 28.3 Å². The fourth-order valence-electron chi connectivity index (χ4n) is 2.02. The third-order valence-corrected chi connectivity index (χ3v) is 5.43. The molecule has 0 aromatic heterocycles. The van der Waals surface area contributed by atoms with E-state index >= 15 is 0 Å². The summed E-state index contributed by atoms with van der Waals surface area (Å²) in [6.07, 6.45) is 1.52. The summed E-state index contributed by atoms with van der Waals surface area (Å²) in [5, 5.41) is 13.9. The lowest BCUT2D eigenvalue weighted by Gasteiger charge is -2.24. The highest BCUT2D eigenvalue weighted by atomic mass is 32.2. The Morgan fingerprint density at radius 2 is 2.05 bits per heavy atom. The second kappa shape index (κ2) is 6.86. The maximum Gasteiger partial charge on any atom is 0.289 e. The predicted octanol–water partition coefficient (Wildman–Crippen LogP) is 2.45. The van der Waals surface area contributed by atoms with E-state index in [9.17, 15) is 18.5 Å². The number of nitro benzene ring substituents is 1. The van der Waals surface area contributed by atoms with Crippen molar-refractivity contribution >= 4 is 21.4 Å². The fourth-order valence-corrected chi connectivity index (χ4v) is 3.59. The van der Waals surface area contributed by atoms with Gasteiger partial charge in [-0.2, -0.15) is 4.31 Å². The van der Waals surface area contributed by atoms with Gasteiger partial charge in [0.2, 0.25) is 10.0 Å². The number of hydrogen-bond donors (Lipinski definition) is 1. The first-order valence-electron chi connectivity index (χ1n) is 6.69. The predicted molar refractivity (Wildman–Crippen MR) is 82.0 cm³/mol. The standard InChI is InChI=1S/C13H21N3O4S/c1-5-6-10(2)15(4)21(19,20)13-9-11(14-3)7-8-12(13)16(17)18/h7-10,14H,5-6H2,1-4H3. The summed E-state index contributed by atoms with van der Waals surface area (Å²) in [5.41, 5.74) is 0.0975. The molecule has 1 rings (SSSR count). The molecule has 0 radical (unpaired) electrons. The normalized spacial score (nSPS) is 13.2. The number of benzene rings is 1. The van der Waals surface area contributed by atoms with Crippen LogP contribution >= 0.6 is 0 Å².